The van der Waals surface area contributed by atoms with Crippen LogP contribution in [0, 0.1) is 4.64 Å². The van der Waals surface area contributed by atoms with Gasteiger partial charge in [-0.05, 0) is 36.8 Å². The van der Waals surface area contributed by atoms with Crippen LogP contribution in [0.15, 0.2) is 35.2 Å². The minimum atomic E-state index is 0.661. The predicted molar refractivity (Wildman–Crippen MR) is 84.4 cm³/mol. The van der Waals surface area contributed by atoms with Crippen LogP contribution in [0.3, 0.4) is 0 Å². The Labute approximate surface area is 127 Å². The number of hydrogen-bond donors (Lipinski definition) is 1. The first-order chi connectivity index (χ1) is 9.17. The Bertz CT molecular complexity index is 593. The van der Waals surface area contributed by atoms with Crippen LogP contribution in [0.4, 0.5) is 0 Å². The van der Waals surface area contributed by atoms with Gasteiger partial charge >= 0.3 is 0 Å². The summed E-state index contributed by atoms with van der Waals surface area (Å²) < 4.78 is 0.661. The molecular weight excluding hydrogens is 296 g/mol. The topological polar surface area (TPSA) is 28.7 Å². The van der Waals surface area contributed by atoms with Crippen molar-refractivity contribution in [1.29, 1.82) is 0 Å². The number of thioether (sulfide) groups is 1. The molecule has 0 aliphatic rings. The first-order valence-corrected chi connectivity index (χ1v) is 7.92. The summed E-state index contributed by atoms with van der Waals surface area (Å²) in [4.78, 5) is 8.88. The van der Waals surface area contributed by atoms with Crippen LogP contribution >= 0.6 is 35.6 Å². The Kier molecular flexibility index (Phi) is 5.43. The fourth-order valence-electron chi connectivity index (χ4n) is 1.72. The zero-order valence-corrected chi connectivity index (χ0v) is 13.0. The summed E-state index contributed by atoms with van der Waals surface area (Å²) in [7, 11) is 0. The van der Waals surface area contributed by atoms with Crippen LogP contribution in [0.2, 0.25) is 5.02 Å². The van der Waals surface area contributed by atoms with Crippen molar-refractivity contribution in [2.24, 2.45) is 0 Å². The van der Waals surface area contributed by atoms with Crippen molar-refractivity contribution in [3.8, 4) is 0 Å². The summed E-state index contributed by atoms with van der Waals surface area (Å²) in [5, 5.41) is 0.756. The second kappa shape index (κ2) is 7.08. The number of aromatic amines is 1. The zero-order chi connectivity index (χ0) is 13.7. The summed E-state index contributed by atoms with van der Waals surface area (Å²) in [5.41, 5.74) is 1.16. The average Bonchev–Trinajstić information content (AvgIpc) is 2.38. The third-order valence-corrected chi connectivity index (χ3v) is 4.04. The quantitative estimate of drug-likeness (QED) is 0.619. The van der Waals surface area contributed by atoms with E-state index in [-0.39, 0.29) is 0 Å². The van der Waals surface area contributed by atoms with Gasteiger partial charge in [-0.2, -0.15) is 0 Å². The molecule has 19 heavy (non-hydrogen) atoms. The molecule has 100 valence electrons. The predicted octanol–water partition coefficient (Wildman–Crippen LogP) is 5.04. The van der Waals surface area contributed by atoms with Gasteiger partial charge in [0.25, 0.3) is 0 Å². The summed E-state index contributed by atoms with van der Waals surface area (Å²) in [5.74, 6) is 1.71. The van der Waals surface area contributed by atoms with Crippen molar-refractivity contribution in [1.82, 2.24) is 9.97 Å². The highest BCUT2D eigenvalue weighted by molar-refractivity contribution is 7.98. The number of rotatable bonds is 5. The molecule has 1 aromatic heterocycles. The summed E-state index contributed by atoms with van der Waals surface area (Å²) in [6, 6.07) is 9.75. The van der Waals surface area contributed by atoms with Gasteiger partial charge in [-0.1, -0.05) is 37.2 Å². The average molecular weight is 311 g/mol. The van der Waals surface area contributed by atoms with E-state index in [1.54, 1.807) is 11.8 Å². The molecule has 0 saturated heterocycles. The summed E-state index contributed by atoms with van der Waals surface area (Å²) >= 11 is 12.8. The van der Waals surface area contributed by atoms with Gasteiger partial charge in [0.05, 0.1) is 5.75 Å². The van der Waals surface area contributed by atoms with E-state index in [1.807, 2.05) is 30.3 Å². The van der Waals surface area contributed by atoms with Crippen molar-refractivity contribution < 1.29 is 0 Å². The normalized spacial score (nSPS) is 10.6. The van der Waals surface area contributed by atoms with Crippen LogP contribution in [0.5, 0.6) is 0 Å². The van der Waals surface area contributed by atoms with E-state index in [2.05, 4.69) is 16.9 Å². The molecule has 5 heteroatoms. The highest BCUT2D eigenvalue weighted by atomic mass is 35.5. The molecular formula is C14H15ClN2S2. The maximum atomic E-state index is 5.86. The SMILES string of the molecule is CCCc1cc(=S)nc(CSc2ccc(Cl)cc2)[nH]1. The number of aryl methyl sites for hydroxylation is 1. The maximum Gasteiger partial charge on any atom is 0.130 e. The number of benzene rings is 1. The molecule has 0 spiro atoms. The highest BCUT2D eigenvalue weighted by Gasteiger charge is 2.01. The minimum Gasteiger partial charge on any atom is -0.346 e. The molecule has 2 aromatic rings. The second-order valence-electron chi connectivity index (χ2n) is 4.18. The molecule has 2 nitrogen and oxygen atoms in total. The Balaban J connectivity index is 2.06. The standard InChI is InChI=1S/C14H15ClN2S2/c1-2-3-11-8-14(18)17-13(16-11)9-19-12-6-4-10(15)5-7-12/h4-8H,2-3,9H2,1H3,(H,16,17,18). The molecule has 1 heterocycles. The lowest BCUT2D eigenvalue weighted by molar-refractivity contribution is 0.850. The Morgan fingerprint density at radius 1 is 1.32 bits per heavy atom. The fraction of sp³-hybridized carbons (Fsp3) is 0.286. The number of nitrogens with zero attached hydrogens (tertiary/aromatic N) is 1. The first-order valence-electron chi connectivity index (χ1n) is 6.15. The lowest BCUT2D eigenvalue weighted by atomic mass is 10.2. The van der Waals surface area contributed by atoms with Crippen LogP contribution in [-0.4, -0.2) is 9.97 Å². The molecule has 0 unspecified atom stereocenters. The lowest BCUT2D eigenvalue weighted by Gasteiger charge is -2.05. The van der Waals surface area contributed by atoms with Gasteiger partial charge < -0.3 is 4.98 Å². The monoisotopic (exact) mass is 310 g/mol. The molecule has 0 atom stereocenters. The van der Waals surface area contributed by atoms with Crippen molar-refractivity contribution in [3.05, 3.63) is 51.5 Å². The van der Waals surface area contributed by atoms with Crippen LogP contribution in [0.1, 0.15) is 24.9 Å². The molecule has 2 rings (SSSR count). The van der Waals surface area contributed by atoms with Crippen LogP contribution in [0.25, 0.3) is 0 Å². The fourth-order valence-corrected chi connectivity index (χ4v) is 2.87. The van der Waals surface area contributed by atoms with Gasteiger partial charge in [0, 0.05) is 15.6 Å². The molecule has 0 bridgehead atoms. The first kappa shape index (κ1) is 14.6. The van der Waals surface area contributed by atoms with Crippen molar-refractivity contribution in [2.45, 2.75) is 30.4 Å². The molecule has 0 radical (unpaired) electrons. The van der Waals surface area contributed by atoms with E-state index >= 15 is 0 Å². The highest BCUT2D eigenvalue weighted by Crippen LogP contribution is 2.23. The zero-order valence-electron chi connectivity index (χ0n) is 10.6. The van der Waals surface area contributed by atoms with E-state index in [0.29, 0.717) is 4.64 Å². The minimum absolute atomic E-state index is 0.661. The Morgan fingerprint density at radius 2 is 2.05 bits per heavy atom. The van der Waals surface area contributed by atoms with E-state index in [1.165, 1.54) is 4.90 Å². The third-order valence-electron chi connectivity index (χ3n) is 2.56. The smallest absolute Gasteiger partial charge is 0.130 e. The van der Waals surface area contributed by atoms with Gasteiger partial charge in [-0.3, -0.25) is 0 Å². The maximum absolute atomic E-state index is 5.86. The number of nitrogens with one attached hydrogen (secondary N) is 1. The third kappa shape index (κ3) is 4.64. The van der Waals surface area contributed by atoms with Crippen molar-refractivity contribution in [3.63, 3.8) is 0 Å². The molecule has 0 amide bonds. The van der Waals surface area contributed by atoms with Crippen molar-refractivity contribution >= 4 is 35.6 Å². The van der Waals surface area contributed by atoms with Crippen LogP contribution < -0.4 is 0 Å². The summed E-state index contributed by atoms with van der Waals surface area (Å²) in [6.07, 6.45) is 2.10. The van der Waals surface area contributed by atoms with E-state index in [4.69, 9.17) is 23.8 Å². The van der Waals surface area contributed by atoms with Gasteiger partial charge in [0.2, 0.25) is 0 Å². The van der Waals surface area contributed by atoms with Crippen molar-refractivity contribution in [2.75, 3.05) is 0 Å². The van der Waals surface area contributed by atoms with E-state index in [0.717, 1.165) is 35.1 Å². The molecule has 0 fully saturated rings. The summed E-state index contributed by atoms with van der Waals surface area (Å²) in [6.45, 7) is 2.15. The van der Waals surface area contributed by atoms with Crippen LogP contribution in [-0.2, 0) is 12.2 Å². The van der Waals surface area contributed by atoms with E-state index < -0.39 is 0 Å². The van der Waals surface area contributed by atoms with Gasteiger partial charge in [-0.25, -0.2) is 4.98 Å². The van der Waals surface area contributed by atoms with E-state index in [9.17, 15) is 0 Å². The van der Waals surface area contributed by atoms with Gasteiger partial charge in [0.1, 0.15) is 10.5 Å². The molecule has 0 saturated carbocycles. The molecule has 0 aliphatic heterocycles. The molecule has 1 aromatic carbocycles. The molecule has 1 N–H and O–H groups in total. The lowest BCUT2D eigenvalue weighted by Crippen LogP contribution is -1.98. The Morgan fingerprint density at radius 3 is 2.74 bits per heavy atom. The molecule has 0 aliphatic carbocycles. The number of halogens is 1. The Hall–Kier alpha value is -0.840. The van der Waals surface area contributed by atoms with Gasteiger partial charge in [-0.15, -0.1) is 11.8 Å². The largest absolute Gasteiger partial charge is 0.346 e. The number of hydrogen-bond acceptors (Lipinski definition) is 3. The number of aromatic nitrogens is 2. The van der Waals surface area contributed by atoms with Gasteiger partial charge in [0.15, 0.2) is 0 Å². The second-order valence-corrected chi connectivity index (χ2v) is 6.09. The number of H-pyrrole nitrogens is 1.